The first-order valence-electron chi connectivity index (χ1n) is 4.94. The van der Waals surface area contributed by atoms with Gasteiger partial charge in [-0.15, -0.1) is 11.6 Å². The largest absolute Gasteiger partial charge is 0.284 e. The SMILES string of the molecule is NS(=O)(=O)c1ccc(NS(=O)(=O)CCCCl)cc1. The van der Waals surface area contributed by atoms with Crippen LogP contribution in [-0.2, 0) is 20.0 Å². The molecule has 18 heavy (non-hydrogen) atoms. The Morgan fingerprint density at radius 1 is 1.11 bits per heavy atom. The molecule has 1 aromatic carbocycles. The number of nitrogens with one attached hydrogen (secondary N) is 1. The summed E-state index contributed by atoms with van der Waals surface area (Å²) in [5, 5.41) is 4.92. The molecule has 0 spiro atoms. The number of primary sulfonamides is 1. The van der Waals surface area contributed by atoms with Gasteiger partial charge in [-0.25, -0.2) is 22.0 Å². The van der Waals surface area contributed by atoms with Crippen LogP contribution in [0.1, 0.15) is 6.42 Å². The number of hydrogen-bond donors (Lipinski definition) is 2. The van der Waals surface area contributed by atoms with Crippen molar-refractivity contribution in [2.45, 2.75) is 11.3 Å². The number of sulfonamides is 2. The molecule has 0 radical (unpaired) electrons. The van der Waals surface area contributed by atoms with Gasteiger partial charge in [-0.05, 0) is 30.7 Å². The highest BCUT2D eigenvalue weighted by molar-refractivity contribution is 7.92. The number of hydrogen-bond acceptors (Lipinski definition) is 4. The van der Waals surface area contributed by atoms with E-state index in [0.717, 1.165) is 0 Å². The molecule has 0 aliphatic rings. The van der Waals surface area contributed by atoms with Crippen LogP contribution in [0.15, 0.2) is 29.2 Å². The van der Waals surface area contributed by atoms with Gasteiger partial charge < -0.3 is 0 Å². The van der Waals surface area contributed by atoms with Crippen LogP contribution in [0.3, 0.4) is 0 Å². The van der Waals surface area contributed by atoms with E-state index >= 15 is 0 Å². The van der Waals surface area contributed by atoms with Crippen molar-refractivity contribution < 1.29 is 16.8 Å². The van der Waals surface area contributed by atoms with Gasteiger partial charge >= 0.3 is 0 Å². The molecule has 0 heterocycles. The number of nitrogens with two attached hydrogens (primary N) is 1. The number of benzene rings is 1. The van der Waals surface area contributed by atoms with Crippen molar-refractivity contribution in [3.63, 3.8) is 0 Å². The first kappa shape index (κ1) is 15.2. The van der Waals surface area contributed by atoms with Gasteiger partial charge in [-0.1, -0.05) is 0 Å². The summed E-state index contributed by atoms with van der Waals surface area (Å²) in [6, 6.07) is 5.12. The van der Waals surface area contributed by atoms with Gasteiger partial charge in [0.15, 0.2) is 0 Å². The Bertz CT molecular complexity index is 596. The van der Waals surface area contributed by atoms with Crippen LogP contribution >= 0.6 is 11.6 Å². The molecular formula is C9H13ClN2O4S2. The Balaban J connectivity index is 2.82. The second-order valence-corrected chi connectivity index (χ2v) is 7.31. The van der Waals surface area contributed by atoms with Crippen molar-refractivity contribution in [2.75, 3.05) is 16.4 Å². The lowest BCUT2D eigenvalue weighted by molar-refractivity contribution is 0.597. The van der Waals surface area contributed by atoms with Crippen LogP contribution in [0.5, 0.6) is 0 Å². The van der Waals surface area contributed by atoms with E-state index in [4.69, 9.17) is 16.7 Å². The monoisotopic (exact) mass is 312 g/mol. The zero-order valence-corrected chi connectivity index (χ0v) is 11.7. The molecule has 0 atom stereocenters. The van der Waals surface area contributed by atoms with Crippen LogP contribution in [0.25, 0.3) is 0 Å². The Hall–Kier alpha value is -0.830. The molecule has 1 aromatic rings. The molecule has 0 amide bonds. The minimum absolute atomic E-state index is 0.0776. The Labute approximate surface area is 111 Å². The predicted molar refractivity (Wildman–Crippen MR) is 70.6 cm³/mol. The summed E-state index contributed by atoms with van der Waals surface area (Å²) < 4.78 is 47.4. The molecule has 0 unspecified atom stereocenters. The second kappa shape index (κ2) is 5.87. The van der Waals surface area contributed by atoms with Crippen molar-refractivity contribution in [1.82, 2.24) is 0 Å². The average molecular weight is 313 g/mol. The molecule has 3 N–H and O–H groups in total. The zero-order chi connectivity index (χ0) is 13.8. The maximum atomic E-state index is 11.5. The van der Waals surface area contributed by atoms with Gasteiger partial charge in [0, 0.05) is 11.6 Å². The van der Waals surface area contributed by atoms with Crippen molar-refractivity contribution in [2.24, 2.45) is 5.14 Å². The van der Waals surface area contributed by atoms with Crippen LogP contribution in [0, 0.1) is 0 Å². The highest BCUT2D eigenvalue weighted by Gasteiger charge is 2.11. The predicted octanol–water partition coefficient (Wildman–Crippen LogP) is 0.705. The summed E-state index contributed by atoms with van der Waals surface area (Å²) in [5.74, 6) is 0.165. The Morgan fingerprint density at radius 3 is 2.11 bits per heavy atom. The molecule has 0 bridgehead atoms. The quantitative estimate of drug-likeness (QED) is 0.754. The summed E-state index contributed by atoms with van der Waals surface area (Å²) in [4.78, 5) is -0.0776. The molecule has 102 valence electrons. The van der Waals surface area contributed by atoms with Crippen LogP contribution in [-0.4, -0.2) is 28.5 Å². The Kier molecular flexibility index (Phi) is 4.97. The van der Waals surface area contributed by atoms with E-state index in [0.29, 0.717) is 6.42 Å². The summed E-state index contributed by atoms with van der Waals surface area (Å²) >= 11 is 5.41. The van der Waals surface area contributed by atoms with Gasteiger partial charge in [0.25, 0.3) is 0 Å². The molecule has 6 nitrogen and oxygen atoms in total. The summed E-state index contributed by atoms with van der Waals surface area (Å²) in [5.41, 5.74) is 0.275. The number of anilines is 1. The smallest absolute Gasteiger partial charge is 0.238 e. The fourth-order valence-electron chi connectivity index (χ4n) is 1.19. The maximum absolute atomic E-state index is 11.5. The fraction of sp³-hybridized carbons (Fsp3) is 0.333. The summed E-state index contributed by atoms with van der Waals surface area (Å²) in [6.07, 6.45) is 0.339. The van der Waals surface area contributed by atoms with Crippen molar-refractivity contribution >= 4 is 37.3 Å². The lowest BCUT2D eigenvalue weighted by Gasteiger charge is -2.07. The fourth-order valence-corrected chi connectivity index (χ4v) is 3.12. The molecule has 0 fully saturated rings. The van der Waals surface area contributed by atoms with Gasteiger partial charge in [-0.3, -0.25) is 4.72 Å². The third-order valence-corrected chi connectivity index (χ3v) is 4.57. The highest BCUT2D eigenvalue weighted by Crippen LogP contribution is 2.14. The minimum Gasteiger partial charge on any atom is -0.284 e. The number of rotatable bonds is 6. The lowest BCUT2D eigenvalue weighted by atomic mass is 10.3. The van der Waals surface area contributed by atoms with E-state index < -0.39 is 20.0 Å². The minimum atomic E-state index is -3.77. The summed E-state index contributed by atoms with van der Waals surface area (Å²) in [6.45, 7) is 0. The van der Waals surface area contributed by atoms with Gasteiger partial charge in [0.2, 0.25) is 20.0 Å². The Morgan fingerprint density at radius 2 is 1.67 bits per heavy atom. The average Bonchev–Trinajstić information content (AvgIpc) is 2.25. The van der Waals surface area contributed by atoms with Crippen LogP contribution in [0.4, 0.5) is 5.69 Å². The molecule has 1 rings (SSSR count). The molecule has 0 aromatic heterocycles. The number of halogens is 1. The number of alkyl halides is 1. The molecule has 0 saturated heterocycles. The van der Waals surface area contributed by atoms with E-state index in [-0.39, 0.29) is 22.2 Å². The topological polar surface area (TPSA) is 106 Å². The highest BCUT2D eigenvalue weighted by atomic mass is 35.5. The molecule has 0 aliphatic carbocycles. The van der Waals surface area contributed by atoms with Crippen LogP contribution in [0.2, 0.25) is 0 Å². The normalized spacial score (nSPS) is 12.3. The zero-order valence-electron chi connectivity index (χ0n) is 9.34. The van der Waals surface area contributed by atoms with Gasteiger partial charge in [0.1, 0.15) is 0 Å². The standard InChI is InChI=1S/C9H13ClN2O4S2/c10-6-1-7-17(13,14)12-8-2-4-9(5-3-8)18(11,15)16/h2-5,12H,1,6-7H2,(H2,11,15,16). The first-order chi connectivity index (χ1) is 8.24. The van der Waals surface area contributed by atoms with Gasteiger partial charge in [0.05, 0.1) is 10.6 Å². The van der Waals surface area contributed by atoms with Crippen LogP contribution < -0.4 is 9.86 Å². The lowest BCUT2D eigenvalue weighted by Crippen LogP contribution is -2.17. The molecular weight excluding hydrogens is 300 g/mol. The van der Waals surface area contributed by atoms with E-state index in [1.807, 2.05) is 0 Å². The maximum Gasteiger partial charge on any atom is 0.238 e. The second-order valence-electron chi connectivity index (χ2n) is 3.53. The third-order valence-electron chi connectivity index (χ3n) is 2.00. The van der Waals surface area contributed by atoms with Crippen molar-refractivity contribution in [3.8, 4) is 0 Å². The molecule has 9 heteroatoms. The summed E-state index contributed by atoms with van der Waals surface area (Å²) in [7, 11) is -7.23. The van der Waals surface area contributed by atoms with E-state index in [1.54, 1.807) is 0 Å². The van der Waals surface area contributed by atoms with E-state index in [9.17, 15) is 16.8 Å². The van der Waals surface area contributed by atoms with Crippen molar-refractivity contribution in [3.05, 3.63) is 24.3 Å². The van der Waals surface area contributed by atoms with E-state index in [2.05, 4.69) is 4.72 Å². The molecule has 0 saturated carbocycles. The first-order valence-corrected chi connectivity index (χ1v) is 8.67. The van der Waals surface area contributed by atoms with E-state index in [1.165, 1.54) is 24.3 Å². The molecule has 0 aliphatic heterocycles. The van der Waals surface area contributed by atoms with Gasteiger partial charge in [-0.2, -0.15) is 0 Å². The third kappa shape index (κ3) is 4.81. The van der Waals surface area contributed by atoms with Crippen molar-refractivity contribution in [1.29, 1.82) is 0 Å².